The molecule has 0 aliphatic heterocycles. The van der Waals surface area contributed by atoms with Gasteiger partial charge in [0.25, 0.3) is 0 Å². The Morgan fingerprint density at radius 3 is 2.74 bits per heavy atom. The number of carbonyl (C=O) groups is 1. The first-order valence-electron chi connectivity index (χ1n) is 7.89. The minimum atomic E-state index is 0.525. The molecule has 1 nitrogen and oxygen atoms in total. The van der Waals surface area contributed by atoms with Gasteiger partial charge in [-0.2, -0.15) is 0 Å². The molecular formula is C18H22O. The summed E-state index contributed by atoms with van der Waals surface area (Å²) in [6.45, 7) is 0. The van der Waals surface area contributed by atoms with Crippen LogP contribution in [0.15, 0.2) is 24.3 Å². The third-order valence-corrected chi connectivity index (χ3v) is 5.81. The summed E-state index contributed by atoms with van der Waals surface area (Å²) in [6.07, 6.45) is 8.39. The molecule has 1 heteroatoms. The molecule has 0 saturated heterocycles. The number of hydrogen-bond donors (Lipinski definition) is 0. The van der Waals surface area contributed by atoms with E-state index in [0.717, 1.165) is 37.0 Å². The second-order valence-corrected chi connectivity index (χ2v) is 6.98. The molecule has 0 spiro atoms. The quantitative estimate of drug-likeness (QED) is 0.790. The smallest absolute Gasteiger partial charge is 0.133 e. The van der Waals surface area contributed by atoms with Gasteiger partial charge in [-0.25, -0.2) is 0 Å². The van der Waals surface area contributed by atoms with Crippen molar-refractivity contribution in [3.63, 3.8) is 0 Å². The van der Waals surface area contributed by atoms with Gasteiger partial charge >= 0.3 is 0 Å². The first kappa shape index (κ1) is 11.7. The standard InChI is InChI=1S/C18H22O/c19-17(10-15-8-12-5-6-13(15)7-12)11-16-9-14-3-1-2-4-18(14)16/h1-4,12-13,15-16H,5-11H2. The van der Waals surface area contributed by atoms with Crippen LogP contribution >= 0.6 is 0 Å². The normalized spacial score (nSPS) is 34.9. The van der Waals surface area contributed by atoms with Crippen molar-refractivity contribution in [1.82, 2.24) is 0 Å². The number of benzene rings is 1. The zero-order valence-corrected chi connectivity index (χ0v) is 11.5. The van der Waals surface area contributed by atoms with Gasteiger partial charge in [0, 0.05) is 12.8 Å². The Morgan fingerprint density at radius 1 is 1.11 bits per heavy atom. The Balaban J connectivity index is 1.34. The van der Waals surface area contributed by atoms with E-state index in [1.165, 1.54) is 36.8 Å². The summed E-state index contributed by atoms with van der Waals surface area (Å²) in [5.74, 6) is 3.65. The predicted molar refractivity (Wildman–Crippen MR) is 76.1 cm³/mol. The van der Waals surface area contributed by atoms with Crippen LogP contribution in [0.25, 0.3) is 0 Å². The second-order valence-electron chi connectivity index (χ2n) is 6.98. The van der Waals surface area contributed by atoms with Gasteiger partial charge in [0.15, 0.2) is 0 Å². The Bertz CT molecular complexity index is 504. The maximum Gasteiger partial charge on any atom is 0.133 e. The fraction of sp³-hybridized carbons (Fsp3) is 0.611. The molecule has 4 atom stereocenters. The van der Waals surface area contributed by atoms with E-state index < -0.39 is 0 Å². The molecule has 4 rings (SSSR count). The number of Topliss-reactive ketones (excluding diaryl/α,β-unsaturated/α-hetero) is 1. The molecule has 100 valence electrons. The monoisotopic (exact) mass is 254 g/mol. The molecule has 0 radical (unpaired) electrons. The summed E-state index contributed by atoms with van der Waals surface area (Å²) in [4.78, 5) is 12.3. The average Bonchev–Trinajstić information content (AvgIpc) is 2.98. The van der Waals surface area contributed by atoms with Crippen molar-refractivity contribution in [3.8, 4) is 0 Å². The summed E-state index contributed by atoms with van der Waals surface area (Å²) in [5.41, 5.74) is 2.89. The van der Waals surface area contributed by atoms with Crippen LogP contribution in [0, 0.1) is 17.8 Å². The molecule has 0 N–H and O–H groups in total. The first-order chi connectivity index (χ1) is 9.29. The Morgan fingerprint density at radius 2 is 2.00 bits per heavy atom. The third kappa shape index (κ3) is 2.04. The summed E-state index contributed by atoms with van der Waals surface area (Å²) < 4.78 is 0. The first-order valence-corrected chi connectivity index (χ1v) is 7.89. The molecule has 3 aliphatic rings. The lowest BCUT2D eigenvalue weighted by Gasteiger charge is -2.30. The lowest BCUT2D eigenvalue weighted by atomic mass is 9.74. The van der Waals surface area contributed by atoms with E-state index in [2.05, 4.69) is 24.3 Å². The molecule has 2 saturated carbocycles. The number of rotatable bonds is 4. The van der Waals surface area contributed by atoms with E-state index >= 15 is 0 Å². The molecule has 0 aromatic heterocycles. The van der Waals surface area contributed by atoms with Gasteiger partial charge in [0.1, 0.15) is 5.78 Å². The molecule has 3 aliphatic carbocycles. The second kappa shape index (κ2) is 4.47. The van der Waals surface area contributed by atoms with Crippen LogP contribution in [-0.2, 0) is 11.2 Å². The van der Waals surface area contributed by atoms with Crippen LogP contribution in [0.4, 0.5) is 0 Å². The van der Waals surface area contributed by atoms with Crippen molar-refractivity contribution in [3.05, 3.63) is 35.4 Å². The highest BCUT2D eigenvalue weighted by atomic mass is 16.1. The molecule has 19 heavy (non-hydrogen) atoms. The van der Waals surface area contributed by atoms with Crippen molar-refractivity contribution < 1.29 is 4.79 Å². The highest BCUT2D eigenvalue weighted by Gasteiger charge is 2.40. The SMILES string of the molecule is O=C(CC1Cc2ccccc21)CC1CC2CCC1C2. The van der Waals surface area contributed by atoms with Gasteiger partial charge in [-0.3, -0.25) is 4.79 Å². The Kier molecular flexibility index (Phi) is 2.75. The molecule has 1 aromatic rings. The molecule has 0 amide bonds. The largest absolute Gasteiger partial charge is 0.300 e. The zero-order chi connectivity index (χ0) is 12.8. The highest BCUT2D eigenvalue weighted by Crippen LogP contribution is 2.50. The maximum atomic E-state index is 12.3. The molecule has 0 heterocycles. The number of fused-ring (bicyclic) bond motifs is 3. The Hall–Kier alpha value is -1.11. The van der Waals surface area contributed by atoms with E-state index in [1.54, 1.807) is 0 Å². The molecule has 2 bridgehead atoms. The fourth-order valence-electron chi connectivity index (χ4n) is 4.82. The van der Waals surface area contributed by atoms with E-state index in [1.807, 2.05) is 0 Å². The predicted octanol–water partition coefficient (Wildman–Crippen LogP) is 4.11. The van der Waals surface area contributed by atoms with Crippen LogP contribution in [0.3, 0.4) is 0 Å². The lowest BCUT2D eigenvalue weighted by molar-refractivity contribution is -0.120. The zero-order valence-electron chi connectivity index (χ0n) is 11.5. The average molecular weight is 254 g/mol. The minimum Gasteiger partial charge on any atom is -0.300 e. The minimum absolute atomic E-state index is 0.525. The molecule has 1 aromatic carbocycles. The van der Waals surface area contributed by atoms with Crippen LogP contribution in [0.2, 0.25) is 0 Å². The van der Waals surface area contributed by atoms with Gasteiger partial charge in [-0.05, 0) is 60.5 Å². The summed E-state index contributed by atoms with van der Waals surface area (Å²) >= 11 is 0. The van der Waals surface area contributed by atoms with Gasteiger partial charge < -0.3 is 0 Å². The molecular weight excluding hydrogens is 232 g/mol. The topological polar surface area (TPSA) is 17.1 Å². The lowest BCUT2D eigenvalue weighted by Crippen LogP contribution is -2.22. The van der Waals surface area contributed by atoms with Gasteiger partial charge in [-0.15, -0.1) is 0 Å². The van der Waals surface area contributed by atoms with Crippen molar-refractivity contribution in [2.75, 3.05) is 0 Å². The van der Waals surface area contributed by atoms with E-state index in [-0.39, 0.29) is 0 Å². The fourth-order valence-corrected chi connectivity index (χ4v) is 4.82. The van der Waals surface area contributed by atoms with Gasteiger partial charge in [0.05, 0.1) is 0 Å². The summed E-state index contributed by atoms with van der Waals surface area (Å²) in [5, 5.41) is 0. The molecule has 2 fully saturated rings. The van der Waals surface area contributed by atoms with Crippen molar-refractivity contribution >= 4 is 5.78 Å². The third-order valence-electron chi connectivity index (χ3n) is 5.81. The maximum absolute atomic E-state index is 12.3. The Labute approximate surface area is 115 Å². The van der Waals surface area contributed by atoms with E-state index in [0.29, 0.717) is 11.7 Å². The van der Waals surface area contributed by atoms with Crippen molar-refractivity contribution in [2.45, 2.75) is 50.9 Å². The summed E-state index contributed by atoms with van der Waals surface area (Å²) in [6, 6.07) is 8.61. The van der Waals surface area contributed by atoms with E-state index in [4.69, 9.17) is 0 Å². The highest BCUT2D eigenvalue weighted by molar-refractivity contribution is 5.80. The van der Waals surface area contributed by atoms with Crippen LogP contribution < -0.4 is 0 Å². The van der Waals surface area contributed by atoms with Crippen molar-refractivity contribution in [1.29, 1.82) is 0 Å². The van der Waals surface area contributed by atoms with Gasteiger partial charge in [0.2, 0.25) is 0 Å². The molecule has 4 unspecified atom stereocenters. The van der Waals surface area contributed by atoms with E-state index in [9.17, 15) is 4.79 Å². The summed E-state index contributed by atoms with van der Waals surface area (Å²) in [7, 11) is 0. The van der Waals surface area contributed by atoms with Gasteiger partial charge in [-0.1, -0.05) is 30.7 Å². The number of hydrogen-bond acceptors (Lipinski definition) is 1. The number of ketones is 1. The van der Waals surface area contributed by atoms with Crippen molar-refractivity contribution in [2.24, 2.45) is 17.8 Å². The van der Waals surface area contributed by atoms with Crippen LogP contribution in [-0.4, -0.2) is 5.78 Å². The number of carbonyl (C=O) groups excluding carboxylic acids is 1. The van der Waals surface area contributed by atoms with Crippen LogP contribution in [0.1, 0.15) is 55.6 Å². The van der Waals surface area contributed by atoms with Crippen LogP contribution in [0.5, 0.6) is 0 Å².